The van der Waals surface area contributed by atoms with Crippen molar-refractivity contribution in [3.8, 4) is 5.75 Å². The van der Waals surface area contributed by atoms with Crippen LogP contribution in [0.25, 0.3) is 0 Å². The maximum absolute atomic E-state index is 12.4. The number of benzene rings is 2. The number of nitrogens with one attached hydrogen (secondary N) is 1. The Morgan fingerprint density at radius 3 is 2.68 bits per heavy atom. The van der Waals surface area contributed by atoms with Gasteiger partial charge in [-0.1, -0.05) is 18.2 Å². The molecular weight excluding hydrogens is 316 g/mol. The summed E-state index contributed by atoms with van der Waals surface area (Å²) in [4.78, 5) is 26.3. The van der Waals surface area contributed by atoms with Gasteiger partial charge in [-0.3, -0.25) is 9.59 Å². The van der Waals surface area contributed by atoms with E-state index in [1.807, 2.05) is 56.3 Å². The first-order valence-electron chi connectivity index (χ1n) is 8.36. The van der Waals surface area contributed by atoms with Crippen molar-refractivity contribution >= 4 is 17.5 Å². The predicted molar refractivity (Wildman–Crippen MR) is 97.1 cm³/mol. The van der Waals surface area contributed by atoms with Crippen LogP contribution in [-0.4, -0.2) is 31.5 Å². The molecule has 0 bridgehead atoms. The van der Waals surface area contributed by atoms with Crippen LogP contribution in [-0.2, 0) is 4.79 Å². The molecule has 25 heavy (non-hydrogen) atoms. The van der Waals surface area contributed by atoms with Crippen LogP contribution in [0.2, 0.25) is 0 Å². The van der Waals surface area contributed by atoms with Gasteiger partial charge in [0.15, 0.2) is 6.10 Å². The molecule has 2 amide bonds. The van der Waals surface area contributed by atoms with E-state index in [-0.39, 0.29) is 11.8 Å². The number of fused-ring (bicyclic) bond motifs is 1. The Balaban J connectivity index is 1.59. The molecular formula is C20H22N2O3. The van der Waals surface area contributed by atoms with Crippen molar-refractivity contribution in [2.24, 2.45) is 0 Å². The maximum atomic E-state index is 12.4. The quantitative estimate of drug-likeness (QED) is 0.932. The summed E-state index contributed by atoms with van der Waals surface area (Å²) in [6, 6.07) is 13.1. The van der Waals surface area contributed by atoms with E-state index in [9.17, 15) is 9.59 Å². The van der Waals surface area contributed by atoms with E-state index in [0.29, 0.717) is 24.3 Å². The lowest BCUT2D eigenvalue weighted by molar-refractivity contribution is -0.126. The standard InChI is InChI=1S/C20H22N2O3/c1-13-8-9-15(12-14(13)2)19(23)21-11-10-18-20(24)22(3)16-6-4-5-7-17(16)25-18/h4-9,12,18H,10-11H2,1-3H3,(H,21,23). The summed E-state index contributed by atoms with van der Waals surface area (Å²) in [5, 5.41) is 2.86. The average Bonchev–Trinajstić information content (AvgIpc) is 2.61. The SMILES string of the molecule is Cc1ccc(C(=O)NCCC2Oc3ccccc3N(C)C2=O)cc1C. The summed E-state index contributed by atoms with van der Waals surface area (Å²) >= 11 is 0. The molecule has 1 heterocycles. The lowest BCUT2D eigenvalue weighted by Gasteiger charge is -2.31. The Morgan fingerprint density at radius 1 is 1.16 bits per heavy atom. The molecule has 1 atom stereocenters. The van der Waals surface area contributed by atoms with Crippen molar-refractivity contribution in [1.82, 2.24) is 5.32 Å². The molecule has 0 fully saturated rings. The van der Waals surface area contributed by atoms with Gasteiger partial charge in [-0.05, 0) is 49.2 Å². The smallest absolute Gasteiger partial charge is 0.267 e. The van der Waals surface area contributed by atoms with Crippen LogP contribution in [0.15, 0.2) is 42.5 Å². The monoisotopic (exact) mass is 338 g/mol. The second-order valence-corrected chi connectivity index (χ2v) is 6.32. The summed E-state index contributed by atoms with van der Waals surface area (Å²) in [6.07, 6.45) is -0.159. The van der Waals surface area contributed by atoms with Gasteiger partial charge in [-0.25, -0.2) is 0 Å². The molecule has 1 N–H and O–H groups in total. The first-order valence-corrected chi connectivity index (χ1v) is 8.36. The first-order chi connectivity index (χ1) is 12.0. The van der Waals surface area contributed by atoms with Gasteiger partial charge < -0.3 is 15.0 Å². The van der Waals surface area contributed by atoms with E-state index in [1.165, 1.54) is 0 Å². The van der Waals surface area contributed by atoms with Crippen LogP contribution in [0, 0.1) is 13.8 Å². The van der Waals surface area contributed by atoms with Gasteiger partial charge in [0, 0.05) is 25.6 Å². The van der Waals surface area contributed by atoms with E-state index >= 15 is 0 Å². The number of amides is 2. The Labute approximate surface area is 147 Å². The zero-order chi connectivity index (χ0) is 18.0. The zero-order valence-electron chi connectivity index (χ0n) is 14.7. The minimum atomic E-state index is -0.583. The highest BCUT2D eigenvalue weighted by Gasteiger charge is 2.31. The summed E-state index contributed by atoms with van der Waals surface area (Å²) in [5.74, 6) is 0.453. The van der Waals surface area contributed by atoms with Gasteiger partial charge in [0.1, 0.15) is 5.75 Å². The Morgan fingerprint density at radius 2 is 1.92 bits per heavy atom. The number of aryl methyl sites for hydroxylation is 2. The van der Waals surface area contributed by atoms with Crippen LogP contribution in [0.4, 0.5) is 5.69 Å². The van der Waals surface area contributed by atoms with Crippen LogP contribution in [0.1, 0.15) is 27.9 Å². The molecule has 0 aromatic heterocycles. The Bertz CT molecular complexity index is 816. The first kappa shape index (κ1) is 17.0. The van der Waals surface area contributed by atoms with Crippen LogP contribution in [0.5, 0.6) is 5.75 Å². The van der Waals surface area contributed by atoms with E-state index in [0.717, 1.165) is 16.8 Å². The number of ether oxygens (including phenoxy) is 1. The molecule has 1 unspecified atom stereocenters. The van der Waals surface area contributed by atoms with Crippen molar-refractivity contribution in [1.29, 1.82) is 0 Å². The number of carbonyl (C=O) groups is 2. The summed E-state index contributed by atoms with van der Waals surface area (Å²) < 4.78 is 5.79. The molecule has 0 saturated heterocycles. The molecule has 0 aliphatic carbocycles. The van der Waals surface area contributed by atoms with Crippen molar-refractivity contribution < 1.29 is 14.3 Å². The number of hydrogen-bond donors (Lipinski definition) is 1. The molecule has 3 rings (SSSR count). The van der Waals surface area contributed by atoms with Crippen LogP contribution < -0.4 is 15.0 Å². The highest BCUT2D eigenvalue weighted by atomic mass is 16.5. The fraction of sp³-hybridized carbons (Fsp3) is 0.300. The van der Waals surface area contributed by atoms with Crippen molar-refractivity contribution in [3.63, 3.8) is 0 Å². The minimum Gasteiger partial charge on any atom is -0.478 e. The van der Waals surface area contributed by atoms with Gasteiger partial charge in [-0.15, -0.1) is 0 Å². The van der Waals surface area contributed by atoms with Gasteiger partial charge in [0.25, 0.3) is 11.8 Å². The lowest BCUT2D eigenvalue weighted by atomic mass is 10.1. The molecule has 0 radical (unpaired) electrons. The molecule has 1 aliphatic heterocycles. The second-order valence-electron chi connectivity index (χ2n) is 6.32. The minimum absolute atomic E-state index is 0.0980. The number of rotatable bonds is 4. The van der Waals surface area contributed by atoms with Gasteiger partial charge in [0.05, 0.1) is 5.69 Å². The van der Waals surface area contributed by atoms with Crippen LogP contribution >= 0.6 is 0 Å². The molecule has 130 valence electrons. The van der Waals surface area contributed by atoms with E-state index < -0.39 is 6.10 Å². The zero-order valence-corrected chi connectivity index (χ0v) is 14.7. The summed E-state index contributed by atoms with van der Waals surface area (Å²) in [6.45, 7) is 4.36. The average molecular weight is 338 g/mol. The van der Waals surface area contributed by atoms with Crippen molar-refractivity contribution in [2.75, 3.05) is 18.5 Å². The third-order valence-electron chi connectivity index (χ3n) is 4.56. The maximum Gasteiger partial charge on any atom is 0.267 e. The second kappa shape index (κ2) is 6.97. The molecule has 1 aliphatic rings. The van der Waals surface area contributed by atoms with Crippen molar-refractivity contribution in [2.45, 2.75) is 26.4 Å². The normalized spacial score (nSPS) is 16.2. The molecule has 5 nitrogen and oxygen atoms in total. The fourth-order valence-corrected chi connectivity index (χ4v) is 2.86. The number of carbonyl (C=O) groups excluding carboxylic acids is 2. The number of para-hydroxylation sites is 2. The van der Waals surface area contributed by atoms with Gasteiger partial charge >= 0.3 is 0 Å². The highest BCUT2D eigenvalue weighted by molar-refractivity contribution is 5.99. The Hall–Kier alpha value is -2.82. The van der Waals surface area contributed by atoms with Crippen molar-refractivity contribution in [3.05, 3.63) is 59.2 Å². The third kappa shape index (κ3) is 3.50. The third-order valence-corrected chi connectivity index (χ3v) is 4.56. The molecule has 5 heteroatoms. The van der Waals surface area contributed by atoms with Crippen LogP contribution in [0.3, 0.4) is 0 Å². The van der Waals surface area contributed by atoms with E-state index in [4.69, 9.17) is 4.74 Å². The predicted octanol–water partition coefficient (Wildman–Crippen LogP) is 2.85. The highest BCUT2D eigenvalue weighted by Crippen LogP contribution is 2.33. The molecule has 0 spiro atoms. The number of likely N-dealkylation sites (N-methyl/N-ethyl adjacent to an activating group) is 1. The molecule has 2 aromatic carbocycles. The molecule has 0 saturated carbocycles. The van der Waals surface area contributed by atoms with E-state index in [2.05, 4.69) is 5.32 Å². The number of nitrogens with zero attached hydrogens (tertiary/aromatic N) is 1. The topological polar surface area (TPSA) is 58.6 Å². The summed E-state index contributed by atoms with van der Waals surface area (Å²) in [7, 11) is 1.74. The summed E-state index contributed by atoms with van der Waals surface area (Å²) in [5.41, 5.74) is 3.63. The molecule has 2 aromatic rings. The van der Waals surface area contributed by atoms with Gasteiger partial charge in [-0.2, -0.15) is 0 Å². The fourth-order valence-electron chi connectivity index (χ4n) is 2.86. The number of hydrogen-bond acceptors (Lipinski definition) is 3. The Kier molecular flexibility index (Phi) is 4.74. The van der Waals surface area contributed by atoms with E-state index in [1.54, 1.807) is 11.9 Å². The largest absolute Gasteiger partial charge is 0.478 e. The lowest BCUT2D eigenvalue weighted by Crippen LogP contribution is -2.45. The van der Waals surface area contributed by atoms with Gasteiger partial charge in [0.2, 0.25) is 0 Å². The number of anilines is 1.